The van der Waals surface area contributed by atoms with Crippen molar-refractivity contribution in [2.75, 3.05) is 19.0 Å². The van der Waals surface area contributed by atoms with Gasteiger partial charge in [-0.1, -0.05) is 12.1 Å². The molecule has 0 spiro atoms. The van der Waals surface area contributed by atoms with Crippen LogP contribution < -0.4 is 10.6 Å². The number of benzene rings is 1. The van der Waals surface area contributed by atoms with E-state index in [9.17, 15) is 0 Å². The van der Waals surface area contributed by atoms with Gasteiger partial charge in [-0.3, -0.25) is 0 Å². The fraction of sp³-hybridized carbons (Fsp3) is 0.300. The van der Waals surface area contributed by atoms with E-state index in [1.54, 1.807) is 0 Å². The molecule has 0 saturated heterocycles. The lowest BCUT2D eigenvalue weighted by Gasteiger charge is -2.12. The second kappa shape index (κ2) is 3.92. The Labute approximate surface area is 78.4 Å². The number of hydrogen-bond acceptors (Lipinski definition) is 3. The maximum Gasteiger partial charge on any atom is 0.118 e. The van der Waals surface area contributed by atoms with E-state index in [0.717, 1.165) is 11.3 Å². The fourth-order valence-electron chi connectivity index (χ4n) is 1.05. The van der Waals surface area contributed by atoms with Crippen molar-refractivity contribution in [1.82, 2.24) is 0 Å². The average Bonchev–Trinajstić information content (AvgIpc) is 2.17. The predicted octanol–water partition coefficient (Wildman–Crippen LogP) is 1.28. The average molecular weight is 175 g/mol. The summed E-state index contributed by atoms with van der Waals surface area (Å²) in [5.74, 6) is 0. The highest BCUT2D eigenvalue weighted by Gasteiger charge is 2.03. The van der Waals surface area contributed by atoms with Crippen LogP contribution in [0.25, 0.3) is 0 Å². The van der Waals surface area contributed by atoms with E-state index in [4.69, 9.17) is 11.0 Å². The number of nitrogens with two attached hydrogens (primary N) is 1. The first-order chi connectivity index (χ1) is 6.15. The topological polar surface area (TPSA) is 53.0 Å². The van der Waals surface area contributed by atoms with E-state index < -0.39 is 6.04 Å². The molecule has 1 aromatic carbocycles. The Morgan fingerprint density at radius 3 is 2.23 bits per heavy atom. The maximum absolute atomic E-state index is 8.58. The summed E-state index contributed by atoms with van der Waals surface area (Å²) in [7, 11) is 3.94. The van der Waals surface area contributed by atoms with Gasteiger partial charge in [0.25, 0.3) is 0 Å². The van der Waals surface area contributed by atoms with Crippen molar-refractivity contribution >= 4 is 5.69 Å². The first-order valence-electron chi connectivity index (χ1n) is 4.07. The van der Waals surface area contributed by atoms with Crippen LogP contribution in [0.3, 0.4) is 0 Å². The Bertz CT molecular complexity index is 308. The molecule has 3 heteroatoms. The van der Waals surface area contributed by atoms with E-state index in [1.807, 2.05) is 49.3 Å². The van der Waals surface area contributed by atoms with Gasteiger partial charge in [-0.05, 0) is 17.7 Å². The zero-order valence-electron chi connectivity index (χ0n) is 7.86. The summed E-state index contributed by atoms with van der Waals surface area (Å²) < 4.78 is 0. The third-order valence-electron chi connectivity index (χ3n) is 1.91. The van der Waals surface area contributed by atoms with Gasteiger partial charge in [-0.15, -0.1) is 0 Å². The number of hydrogen-bond donors (Lipinski definition) is 1. The molecule has 0 fully saturated rings. The van der Waals surface area contributed by atoms with Gasteiger partial charge in [0, 0.05) is 19.8 Å². The first kappa shape index (κ1) is 9.56. The van der Waals surface area contributed by atoms with Crippen LogP contribution in [-0.4, -0.2) is 14.1 Å². The quantitative estimate of drug-likeness (QED) is 0.736. The monoisotopic (exact) mass is 175 g/mol. The molecule has 3 nitrogen and oxygen atoms in total. The molecule has 1 rings (SSSR count). The van der Waals surface area contributed by atoms with Crippen LogP contribution in [0.4, 0.5) is 5.69 Å². The van der Waals surface area contributed by atoms with Crippen LogP contribution >= 0.6 is 0 Å². The Morgan fingerprint density at radius 2 is 1.85 bits per heavy atom. The van der Waals surface area contributed by atoms with Gasteiger partial charge in [0.05, 0.1) is 6.07 Å². The Balaban J connectivity index is 2.89. The molecule has 0 radical (unpaired) electrons. The molecule has 1 atom stereocenters. The Hall–Kier alpha value is -1.53. The van der Waals surface area contributed by atoms with Crippen molar-refractivity contribution in [3.05, 3.63) is 29.8 Å². The molecule has 1 aromatic rings. The molecule has 0 amide bonds. The lowest BCUT2D eigenvalue weighted by molar-refractivity contribution is 0.925. The third-order valence-corrected chi connectivity index (χ3v) is 1.91. The van der Waals surface area contributed by atoms with E-state index >= 15 is 0 Å². The molecule has 1 unspecified atom stereocenters. The summed E-state index contributed by atoms with van der Waals surface area (Å²) in [6.07, 6.45) is 0. The van der Waals surface area contributed by atoms with Crippen LogP contribution in [0, 0.1) is 11.3 Å². The van der Waals surface area contributed by atoms with Crippen molar-refractivity contribution in [3.63, 3.8) is 0 Å². The number of nitriles is 1. The van der Waals surface area contributed by atoms with E-state index in [1.165, 1.54) is 0 Å². The molecule has 2 N–H and O–H groups in total. The molecule has 0 aliphatic rings. The zero-order chi connectivity index (χ0) is 9.84. The molecular formula is C10H13N3. The van der Waals surface area contributed by atoms with Gasteiger partial charge in [-0.2, -0.15) is 5.26 Å². The minimum Gasteiger partial charge on any atom is -0.378 e. The van der Waals surface area contributed by atoms with Crippen LogP contribution in [0.2, 0.25) is 0 Å². The smallest absolute Gasteiger partial charge is 0.118 e. The van der Waals surface area contributed by atoms with Crippen molar-refractivity contribution in [1.29, 1.82) is 5.26 Å². The maximum atomic E-state index is 8.58. The minimum atomic E-state index is -0.517. The van der Waals surface area contributed by atoms with Crippen molar-refractivity contribution in [2.45, 2.75) is 6.04 Å². The Kier molecular flexibility index (Phi) is 2.88. The fourth-order valence-corrected chi connectivity index (χ4v) is 1.05. The normalized spacial score (nSPS) is 11.8. The van der Waals surface area contributed by atoms with Crippen LogP contribution in [0.5, 0.6) is 0 Å². The van der Waals surface area contributed by atoms with Gasteiger partial charge >= 0.3 is 0 Å². The van der Waals surface area contributed by atoms with Gasteiger partial charge in [0.1, 0.15) is 6.04 Å². The third kappa shape index (κ3) is 2.20. The van der Waals surface area contributed by atoms with Gasteiger partial charge < -0.3 is 10.6 Å². The number of nitrogens with zero attached hydrogens (tertiary/aromatic N) is 2. The van der Waals surface area contributed by atoms with Crippen LogP contribution in [0.1, 0.15) is 11.6 Å². The highest BCUT2D eigenvalue weighted by atomic mass is 15.1. The van der Waals surface area contributed by atoms with Crippen molar-refractivity contribution < 1.29 is 0 Å². The zero-order valence-corrected chi connectivity index (χ0v) is 7.86. The molecule has 0 aromatic heterocycles. The molecule has 0 saturated carbocycles. The summed E-state index contributed by atoms with van der Waals surface area (Å²) in [6.45, 7) is 0. The molecular weight excluding hydrogens is 162 g/mol. The Morgan fingerprint density at radius 1 is 1.31 bits per heavy atom. The predicted molar refractivity (Wildman–Crippen MR) is 53.3 cm³/mol. The molecule has 0 heterocycles. The van der Waals surface area contributed by atoms with Crippen molar-refractivity contribution in [3.8, 4) is 6.07 Å². The standard InChI is InChI=1S/C10H13N3/c1-13(2)9-5-3-8(4-6-9)10(12)7-11/h3-6,10H,12H2,1-2H3. The lowest BCUT2D eigenvalue weighted by Crippen LogP contribution is -2.10. The number of anilines is 1. The van der Waals surface area contributed by atoms with E-state index in [0.29, 0.717) is 0 Å². The second-order valence-corrected chi connectivity index (χ2v) is 3.09. The molecule has 0 aliphatic carbocycles. The van der Waals surface area contributed by atoms with E-state index in [2.05, 4.69) is 0 Å². The van der Waals surface area contributed by atoms with Gasteiger partial charge in [0.15, 0.2) is 0 Å². The highest BCUT2D eigenvalue weighted by Crippen LogP contribution is 2.15. The van der Waals surface area contributed by atoms with Crippen molar-refractivity contribution in [2.24, 2.45) is 5.73 Å². The minimum absolute atomic E-state index is 0.517. The summed E-state index contributed by atoms with van der Waals surface area (Å²) in [5, 5.41) is 8.58. The highest BCUT2D eigenvalue weighted by molar-refractivity contribution is 5.46. The largest absolute Gasteiger partial charge is 0.378 e. The second-order valence-electron chi connectivity index (χ2n) is 3.09. The summed E-state index contributed by atoms with van der Waals surface area (Å²) in [5.41, 5.74) is 7.51. The molecule has 0 bridgehead atoms. The lowest BCUT2D eigenvalue weighted by atomic mass is 10.1. The summed E-state index contributed by atoms with van der Waals surface area (Å²) >= 11 is 0. The molecule has 0 aliphatic heterocycles. The van der Waals surface area contributed by atoms with E-state index in [-0.39, 0.29) is 0 Å². The molecule has 13 heavy (non-hydrogen) atoms. The number of rotatable bonds is 2. The summed E-state index contributed by atoms with van der Waals surface area (Å²) in [4.78, 5) is 2.00. The van der Waals surface area contributed by atoms with Crippen LogP contribution in [-0.2, 0) is 0 Å². The first-order valence-corrected chi connectivity index (χ1v) is 4.07. The SMILES string of the molecule is CN(C)c1ccc(C(N)C#N)cc1. The molecule has 68 valence electrons. The van der Waals surface area contributed by atoms with Gasteiger partial charge in [0.2, 0.25) is 0 Å². The van der Waals surface area contributed by atoms with Gasteiger partial charge in [-0.25, -0.2) is 0 Å². The summed E-state index contributed by atoms with van der Waals surface area (Å²) in [6, 6.07) is 9.13. The van der Waals surface area contributed by atoms with Crippen LogP contribution in [0.15, 0.2) is 24.3 Å².